The Morgan fingerprint density at radius 2 is 2.19 bits per heavy atom. The fourth-order valence-electron chi connectivity index (χ4n) is 2.07. The second-order valence-corrected chi connectivity index (χ2v) is 5.01. The van der Waals surface area contributed by atoms with Crippen LogP contribution in [0.1, 0.15) is 33.1 Å². The van der Waals surface area contributed by atoms with Gasteiger partial charge < -0.3 is 10.7 Å². The minimum atomic E-state index is 0.206. The Balaban J connectivity index is 3.16. The Bertz CT molecular complexity index is 394. The second kappa shape index (κ2) is 4.52. The molecule has 1 saturated carbocycles. The summed E-state index contributed by atoms with van der Waals surface area (Å²) in [6.07, 6.45) is 2.65. The highest BCUT2D eigenvalue weighted by molar-refractivity contribution is 6.00. The van der Waals surface area contributed by atoms with Crippen molar-refractivity contribution in [1.29, 1.82) is 10.7 Å². The fourth-order valence-corrected chi connectivity index (χ4v) is 2.07. The summed E-state index contributed by atoms with van der Waals surface area (Å²) in [4.78, 5) is 0. The van der Waals surface area contributed by atoms with Crippen LogP contribution in [0.5, 0.6) is 0 Å². The van der Waals surface area contributed by atoms with Crippen molar-refractivity contribution < 1.29 is 0 Å². The van der Waals surface area contributed by atoms with E-state index in [4.69, 9.17) is 10.7 Å². The van der Waals surface area contributed by atoms with Crippen LogP contribution >= 0.6 is 0 Å². The van der Waals surface area contributed by atoms with Crippen molar-refractivity contribution in [2.24, 2.45) is 5.41 Å². The molecule has 1 rings (SSSR count). The Hall–Kier alpha value is -1.56. The molecule has 0 radical (unpaired) electrons. The summed E-state index contributed by atoms with van der Waals surface area (Å²) < 4.78 is 0. The molecule has 0 amide bonds. The number of rotatable bonds is 2. The molecule has 0 heterocycles. The number of hydrogen-bond acceptors (Lipinski definition) is 3. The second-order valence-electron chi connectivity index (χ2n) is 5.01. The molecule has 0 spiro atoms. The smallest absolute Gasteiger partial charge is 0.101 e. The van der Waals surface area contributed by atoms with E-state index in [0.29, 0.717) is 11.3 Å². The minimum absolute atomic E-state index is 0.206. The summed E-state index contributed by atoms with van der Waals surface area (Å²) in [7, 11) is 1.78. The average molecular weight is 217 g/mol. The molecule has 0 aromatic rings. The highest BCUT2D eigenvalue weighted by atomic mass is 14.8. The van der Waals surface area contributed by atoms with Crippen LogP contribution in [0.2, 0.25) is 0 Å². The van der Waals surface area contributed by atoms with E-state index in [1.54, 1.807) is 7.05 Å². The molecule has 2 N–H and O–H groups in total. The van der Waals surface area contributed by atoms with Crippen molar-refractivity contribution in [2.75, 3.05) is 7.05 Å². The van der Waals surface area contributed by atoms with E-state index in [-0.39, 0.29) is 5.41 Å². The Morgan fingerprint density at radius 1 is 1.56 bits per heavy atom. The molecule has 0 saturated heterocycles. The van der Waals surface area contributed by atoms with E-state index in [0.717, 1.165) is 30.5 Å². The number of allylic oxidation sites excluding steroid dienone is 2. The zero-order valence-electron chi connectivity index (χ0n) is 10.3. The molecule has 1 aliphatic rings. The van der Waals surface area contributed by atoms with Gasteiger partial charge in [0.05, 0.1) is 11.3 Å². The van der Waals surface area contributed by atoms with Gasteiger partial charge in [-0.2, -0.15) is 5.26 Å². The third kappa shape index (κ3) is 2.52. The molecule has 16 heavy (non-hydrogen) atoms. The van der Waals surface area contributed by atoms with Crippen molar-refractivity contribution in [3.8, 4) is 6.07 Å². The summed E-state index contributed by atoms with van der Waals surface area (Å²) in [6, 6.07) is 2.05. The van der Waals surface area contributed by atoms with Gasteiger partial charge in [0, 0.05) is 12.8 Å². The first-order valence-corrected chi connectivity index (χ1v) is 5.49. The Morgan fingerprint density at radius 3 is 2.69 bits per heavy atom. The van der Waals surface area contributed by atoms with Gasteiger partial charge in [-0.25, -0.2) is 0 Å². The summed E-state index contributed by atoms with van der Waals surface area (Å²) in [5.41, 5.74) is 2.95. The minimum Gasteiger partial charge on any atom is -0.387 e. The van der Waals surface area contributed by atoms with Gasteiger partial charge in [-0.1, -0.05) is 20.4 Å². The van der Waals surface area contributed by atoms with E-state index in [1.165, 1.54) is 0 Å². The zero-order chi connectivity index (χ0) is 12.3. The lowest BCUT2D eigenvalue weighted by Crippen LogP contribution is -2.27. The molecule has 1 aliphatic carbocycles. The largest absolute Gasteiger partial charge is 0.387 e. The van der Waals surface area contributed by atoms with Crippen molar-refractivity contribution >= 4 is 5.71 Å². The highest BCUT2D eigenvalue weighted by Gasteiger charge is 2.29. The molecule has 3 heteroatoms. The summed E-state index contributed by atoms with van der Waals surface area (Å²) in [5, 5.41) is 19.9. The predicted octanol–water partition coefficient (Wildman–Crippen LogP) is 2.77. The predicted molar refractivity (Wildman–Crippen MR) is 66.2 cm³/mol. The van der Waals surface area contributed by atoms with Crippen LogP contribution in [0.15, 0.2) is 23.4 Å². The first-order chi connectivity index (χ1) is 7.41. The quantitative estimate of drug-likeness (QED) is 0.699. The maximum atomic E-state index is 8.89. The van der Waals surface area contributed by atoms with Crippen molar-refractivity contribution in [1.82, 2.24) is 5.32 Å². The maximum absolute atomic E-state index is 8.89. The van der Waals surface area contributed by atoms with E-state index >= 15 is 0 Å². The molecule has 0 atom stereocenters. The van der Waals surface area contributed by atoms with E-state index in [1.807, 2.05) is 6.07 Å². The van der Waals surface area contributed by atoms with Gasteiger partial charge in [-0.15, -0.1) is 0 Å². The van der Waals surface area contributed by atoms with Crippen LogP contribution in [0.3, 0.4) is 0 Å². The molecular formula is C13H19N3. The van der Waals surface area contributed by atoms with Gasteiger partial charge in [0.15, 0.2) is 0 Å². The maximum Gasteiger partial charge on any atom is 0.101 e. The van der Waals surface area contributed by atoms with Crippen LogP contribution in [0, 0.1) is 22.2 Å². The zero-order valence-corrected chi connectivity index (χ0v) is 10.3. The molecular weight excluding hydrogens is 198 g/mol. The molecule has 0 aromatic carbocycles. The Kier molecular flexibility index (Phi) is 3.54. The third-order valence-electron chi connectivity index (χ3n) is 3.06. The summed E-state index contributed by atoms with van der Waals surface area (Å²) >= 11 is 0. The number of nitriles is 1. The van der Waals surface area contributed by atoms with E-state index < -0.39 is 0 Å². The van der Waals surface area contributed by atoms with E-state index in [9.17, 15) is 0 Å². The van der Waals surface area contributed by atoms with Gasteiger partial charge in [-0.3, -0.25) is 0 Å². The summed E-state index contributed by atoms with van der Waals surface area (Å²) in [5.74, 6) is 0. The fraction of sp³-hybridized carbons (Fsp3) is 0.538. The standard InChI is InChI=1S/C13H19N3/c1-9(8-14)12(16-4)10-7-13(2,3)6-5-11(10)15/h15-16H,1,5-7H2,2-4H3/b12-10-,15-11?. The van der Waals surface area contributed by atoms with Crippen molar-refractivity contribution in [2.45, 2.75) is 33.1 Å². The van der Waals surface area contributed by atoms with Gasteiger partial charge in [0.1, 0.15) is 6.07 Å². The molecule has 0 bridgehead atoms. The van der Waals surface area contributed by atoms with Crippen LogP contribution in [0.25, 0.3) is 0 Å². The van der Waals surface area contributed by atoms with Gasteiger partial charge in [-0.05, 0) is 30.3 Å². The van der Waals surface area contributed by atoms with Crippen LogP contribution in [-0.4, -0.2) is 12.8 Å². The van der Waals surface area contributed by atoms with Crippen molar-refractivity contribution in [3.63, 3.8) is 0 Å². The van der Waals surface area contributed by atoms with Crippen LogP contribution < -0.4 is 5.32 Å². The topological polar surface area (TPSA) is 59.7 Å². The monoisotopic (exact) mass is 217 g/mol. The van der Waals surface area contributed by atoms with Crippen LogP contribution in [-0.2, 0) is 0 Å². The average Bonchev–Trinajstić information content (AvgIpc) is 2.23. The third-order valence-corrected chi connectivity index (χ3v) is 3.06. The van der Waals surface area contributed by atoms with Gasteiger partial charge in [0.2, 0.25) is 0 Å². The number of nitrogens with zero attached hydrogens (tertiary/aromatic N) is 1. The van der Waals surface area contributed by atoms with Crippen LogP contribution in [0.4, 0.5) is 0 Å². The number of hydrogen-bond donors (Lipinski definition) is 2. The molecule has 0 aliphatic heterocycles. The molecule has 0 unspecified atom stereocenters. The number of likely N-dealkylation sites (N-methyl/N-ethyl adjacent to an activating group) is 1. The summed E-state index contributed by atoms with van der Waals surface area (Å²) in [6.45, 7) is 8.12. The SMILES string of the molecule is C=C(C#N)/C(NC)=C1\CC(C)(C)CCC1=N. The van der Waals surface area contributed by atoms with Gasteiger partial charge >= 0.3 is 0 Å². The molecule has 86 valence electrons. The molecule has 0 aromatic heterocycles. The lowest BCUT2D eigenvalue weighted by molar-refractivity contribution is 0.328. The molecule has 1 fully saturated rings. The Labute approximate surface area is 97.4 Å². The lowest BCUT2D eigenvalue weighted by atomic mass is 9.73. The van der Waals surface area contributed by atoms with Gasteiger partial charge in [0.25, 0.3) is 0 Å². The first-order valence-electron chi connectivity index (χ1n) is 5.49. The van der Waals surface area contributed by atoms with Crippen molar-refractivity contribution in [3.05, 3.63) is 23.4 Å². The van der Waals surface area contributed by atoms with E-state index in [2.05, 4.69) is 25.7 Å². The lowest BCUT2D eigenvalue weighted by Gasteiger charge is -2.33. The first kappa shape index (κ1) is 12.5. The number of nitrogens with one attached hydrogen (secondary N) is 2. The molecule has 3 nitrogen and oxygen atoms in total. The highest BCUT2D eigenvalue weighted by Crippen LogP contribution is 2.38. The normalized spacial score (nSPS) is 22.2.